The van der Waals surface area contributed by atoms with E-state index < -0.39 is 0 Å². The third-order valence-electron chi connectivity index (χ3n) is 3.63. The number of para-hydroxylation sites is 1. The number of carbonyl (C=O) groups is 1. The lowest BCUT2D eigenvalue weighted by Gasteiger charge is -2.10. The van der Waals surface area contributed by atoms with E-state index in [4.69, 9.17) is 16.3 Å². The monoisotopic (exact) mass is 325 g/mol. The van der Waals surface area contributed by atoms with Crippen LogP contribution in [0.15, 0.2) is 60.4 Å². The molecule has 1 amide bonds. The summed E-state index contributed by atoms with van der Waals surface area (Å²) >= 11 is 6.02. The molecule has 0 saturated heterocycles. The molecule has 3 rings (SSSR count). The number of ether oxygens (including phenoxy) is 1. The van der Waals surface area contributed by atoms with Crippen LogP contribution in [0.5, 0.6) is 5.75 Å². The molecule has 0 spiro atoms. The van der Waals surface area contributed by atoms with Crippen LogP contribution in [0.3, 0.4) is 0 Å². The Morgan fingerprint density at radius 2 is 2.04 bits per heavy atom. The van der Waals surface area contributed by atoms with Gasteiger partial charge < -0.3 is 10.1 Å². The molecule has 116 valence electrons. The van der Waals surface area contributed by atoms with Crippen molar-refractivity contribution in [2.75, 3.05) is 5.32 Å². The zero-order valence-electron chi connectivity index (χ0n) is 12.7. The summed E-state index contributed by atoms with van der Waals surface area (Å²) in [5.74, 6) is 0.487. The van der Waals surface area contributed by atoms with Crippen molar-refractivity contribution in [3.05, 3.63) is 76.5 Å². The Bertz CT molecular complexity index is 809. The van der Waals surface area contributed by atoms with Crippen LogP contribution in [-0.4, -0.2) is 5.91 Å². The molecule has 0 bridgehead atoms. The van der Waals surface area contributed by atoms with Gasteiger partial charge >= 0.3 is 0 Å². The van der Waals surface area contributed by atoms with Gasteiger partial charge in [-0.15, -0.1) is 0 Å². The average molecular weight is 326 g/mol. The van der Waals surface area contributed by atoms with Gasteiger partial charge in [-0.05, 0) is 48.4 Å². The molecule has 0 fully saturated rings. The highest BCUT2D eigenvalue weighted by Crippen LogP contribution is 2.28. The van der Waals surface area contributed by atoms with Crippen molar-refractivity contribution in [3.63, 3.8) is 0 Å². The van der Waals surface area contributed by atoms with Crippen molar-refractivity contribution in [2.24, 2.45) is 0 Å². The van der Waals surface area contributed by atoms with E-state index in [0.29, 0.717) is 16.3 Å². The number of nitrogens with one attached hydrogen (secondary N) is 1. The zero-order chi connectivity index (χ0) is 16.2. The standard InChI is InChI=1S/C19H16ClNO2/c1-2-13-5-3-4-6-17(13)21-19(22)14-9-10-23-18-8-7-16(20)12-15(18)11-14/h3-12H,2H2,1H3,(H,21,22). The molecule has 3 nitrogen and oxygen atoms in total. The summed E-state index contributed by atoms with van der Waals surface area (Å²) in [6.07, 6.45) is 5.79. The summed E-state index contributed by atoms with van der Waals surface area (Å²) in [5.41, 5.74) is 3.21. The molecule has 2 aromatic rings. The van der Waals surface area contributed by atoms with Gasteiger partial charge in [-0.2, -0.15) is 0 Å². The van der Waals surface area contributed by atoms with Gasteiger partial charge in [0.05, 0.1) is 6.26 Å². The van der Waals surface area contributed by atoms with E-state index in [1.807, 2.05) is 24.3 Å². The molecule has 1 N–H and O–H groups in total. The molecule has 2 aromatic carbocycles. The first-order valence-electron chi connectivity index (χ1n) is 7.41. The number of fused-ring (bicyclic) bond motifs is 1. The van der Waals surface area contributed by atoms with Gasteiger partial charge in [-0.25, -0.2) is 0 Å². The average Bonchev–Trinajstić information content (AvgIpc) is 2.77. The van der Waals surface area contributed by atoms with Crippen LogP contribution in [0.25, 0.3) is 6.08 Å². The van der Waals surface area contributed by atoms with Crippen LogP contribution in [0.1, 0.15) is 18.1 Å². The van der Waals surface area contributed by atoms with Gasteiger partial charge in [0, 0.05) is 21.8 Å². The highest BCUT2D eigenvalue weighted by atomic mass is 35.5. The van der Waals surface area contributed by atoms with Crippen LogP contribution in [0, 0.1) is 0 Å². The summed E-state index contributed by atoms with van der Waals surface area (Å²) in [6.45, 7) is 2.06. The van der Waals surface area contributed by atoms with Crippen LogP contribution in [-0.2, 0) is 11.2 Å². The van der Waals surface area contributed by atoms with E-state index in [0.717, 1.165) is 23.2 Å². The molecular formula is C19H16ClNO2. The number of carbonyl (C=O) groups excluding carboxylic acids is 1. The maximum atomic E-state index is 12.6. The Morgan fingerprint density at radius 1 is 1.22 bits per heavy atom. The van der Waals surface area contributed by atoms with E-state index in [2.05, 4.69) is 12.2 Å². The topological polar surface area (TPSA) is 38.3 Å². The summed E-state index contributed by atoms with van der Waals surface area (Å²) in [6, 6.07) is 13.1. The second-order valence-corrected chi connectivity index (χ2v) is 5.60. The Labute approximate surface area is 140 Å². The molecule has 4 heteroatoms. The van der Waals surface area contributed by atoms with Gasteiger partial charge in [0.25, 0.3) is 5.91 Å². The zero-order valence-corrected chi connectivity index (χ0v) is 13.4. The van der Waals surface area contributed by atoms with Crippen molar-refractivity contribution in [3.8, 4) is 5.75 Å². The van der Waals surface area contributed by atoms with Crippen molar-refractivity contribution in [2.45, 2.75) is 13.3 Å². The predicted molar refractivity (Wildman–Crippen MR) is 93.6 cm³/mol. The minimum atomic E-state index is -0.182. The van der Waals surface area contributed by atoms with Crippen molar-refractivity contribution in [1.82, 2.24) is 0 Å². The summed E-state index contributed by atoms with van der Waals surface area (Å²) in [7, 11) is 0. The van der Waals surface area contributed by atoms with Crippen molar-refractivity contribution < 1.29 is 9.53 Å². The number of rotatable bonds is 3. The number of hydrogen-bond acceptors (Lipinski definition) is 2. The number of aryl methyl sites for hydroxylation is 1. The molecule has 0 aliphatic carbocycles. The third-order valence-corrected chi connectivity index (χ3v) is 3.87. The van der Waals surface area contributed by atoms with Gasteiger partial charge in [0.15, 0.2) is 0 Å². The fourth-order valence-corrected chi connectivity index (χ4v) is 2.60. The fraction of sp³-hybridized carbons (Fsp3) is 0.105. The summed E-state index contributed by atoms with van der Waals surface area (Å²) < 4.78 is 5.51. The molecule has 0 unspecified atom stereocenters. The van der Waals surface area contributed by atoms with Crippen LogP contribution in [0.2, 0.25) is 5.02 Å². The first-order chi connectivity index (χ1) is 11.2. The molecule has 1 aliphatic rings. The quantitative estimate of drug-likeness (QED) is 0.877. The summed E-state index contributed by atoms with van der Waals surface area (Å²) in [5, 5.41) is 3.56. The molecular weight excluding hydrogens is 310 g/mol. The van der Waals surface area contributed by atoms with Crippen molar-refractivity contribution in [1.29, 1.82) is 0 Å². The fourth-order valence-electron chi connectivity index (χ4n) is 2.42. The van der Waals surface area contributed by atoms with E-state index in [9.17, 15) is 4.79 Å². The lowest BCUT2D eigenvalue weighted by Crippen LogP contribution is -2.14. The Balaban J connectivity index is 1.90. The first kappa shape index (κ1) is 15.4. The highest BCUT2D eigenvalue weighted by molar-refractivity contribution is 6.30. The second-order valence-electron chi connectivity index (χ2n) is 5.17. The van der Waals surface area contributed by atoms with E-state index >= 15 is 0 Å². The maximum absolute atomic E-state index is 12.6. The van der Waals surface area contributed by atoms with Gasteiger partial charge in [-0.1, -0.05) is 36.7 Å². The molecule has 1 heterocycles. The molecule has 0 radical (unpaired) electrons. The number of hydrogen-bond donors (Lipinski definition) is 1. The lowest BCUT2D eigenvalue weighted by atomic mass is 10.1. The predicted octanol–water partition coefficient (Wildman–Crippen LogP) is 4.83. The Hall–Kier alpha value is -2.52. The highest BCUT2D eigenvalue weighted by Gasteiger charge is 2.13. The minimum Gasteiger partial charge on any atom is -0.464 e. The van der Waals surface area contributed by atoms with Crippen LogP contribution < -0.4 is 10.1 Å². The SMILES string of the molecule is CCc1ccccc1NC(=O)C1=Cc2cc(Cl)ccc2OC=C1. The molecule has 1 aliphatic heterocycles. The molecule has 0 saturated carbocycles. The third kappa shape index (κ3) is 3.46. The molecule has 0 aromatic heterocycles. The maximum Gasteiger partial charge on any atom is 0.255 e. The Morgan fingerprint density at radius 3 is 2.87 bits per heavy atom. The van der Waals surface area contributed by atoms with Crippen molar-refractivity contribution >= 4 is 29.3 Å². The Kier molecular flexibility index (Phi) is 4.49. The minimum absolute atomic E-state index is 0.182. The normalized spacial score (nSPS) is 12.7. The van der Waals surface area contributed by atoms with Crippen LogP contribution in [0.4, 0.5) is 5.69 Å². The van der Waals surface area contributed by atoms with Gasteiger partial charge in [-0.3, -0.25) is 4.79 Å². The van der Waals surface area contributed by atoms with Crippen LogP contribution >= 0.6 is 11.6 Å². The van der Waals surface area contributed by atoms with E-state index in [1.165, 1.54) is 6.26 Å². The van der Waals surface area contributed by atoms with E-state index in [1.54, 1.807) is 30.4 Å². The molecule has 0 atom stereocenters. The van der Waals surface area contributed by atoms with E-state index in [-0.39, 0.29) is 5.91 Å². The lowest BCUT2D eigenvalue weighted by molar-refractivity contribution is -0.112. The number of amides is 1. The van der Waals surface area contributed by atoms with Gasteiger partial charge in [0.2, 0.25) is 0 Å². The number of benzene rings is 2. The number of halogens is 1. The smallest absolute Gasteiger partial charge is 0.255 e. The second kappa shape index (κ2) is 6.71. The van der Waals surface area contributed by atoms with Gasteiger partial charge in [0.1, 0.15) is 5.75 Å². The molecule has 23 heavy (non-hydrogen) atoms. The first-order valence-corrected chi connectivity index (χ1v) is 7.79. The largest absolute Gasteiger partial charge is 0.464 e. The number of anilines is 1. The summed E-state index contributed by atoms with van der Waals surface area (Å²) in [4.78, 5) is 12.6.